The van der Waals surface area contributed by atoms with Gasteiger partial charge in [0.1, 0.15) is 11.7 Å². The van der Waals surface area contributed by atoms with Gasteiger partial charge in [-0.25, -0.2) is 9.97 Å². The van der Waals surface area contributed by atoms with Gasteiger partial charge in [-0.05, 0) is 80.2 Å². The van der Waals surface area contributed by atoms with E-state index in [0.717, 1.165) is 30.7 Å². The van der Waals surface area contributed by atoms with Crippen molar-refractivity contribution in [1.29, 1.82) is 0 Å². The van der Waals surface area contributed by atoms with Crippen molar-refractivity contribution < 1.29 is 19.0 Å². The Morgan fingerprint density at radius 1 is 0.971 bits per heavy atom. The zero-order chi connectivity index (χ0) is 23.8. The third kappa shape index (κ3) is 6.63. The first-order valence-electron chi connectivity index (χ1n) is 13.0. The van der Waals surface area contributed by atoms with Crippen molar-refractivity contribution in [1.82, 2.24) is 9.97 Å². The first-order valence-corrected chi connectivity index (χ1v) is 13.0. The van der Waals surface area contributed by atoms with Crippen molar-refractivity contribution >= 4 is 5.97 Å². The zero-order valence-corrected chi connectivity index (χ0v) is 20.6. The summed E-state index contributed by atoms with van der Waals surface area (Å²) in [4.78, 5) is 21.7. The summed E-state index contributed by atoms with van der Waals surface area (Å²) in [5.74, 6) is 1.94. The fourth-order valence-electron chi connectivity index (χ4n) is 4.88. The van der Waals surface area contributed by atoms with E-state index in [0.29, 0.717) is 30.7 Å². The summed E-state index contributed by atoms with van der Waals surface area (Å²) in [6, 6.07) is 7.35. The summed E-state index contributed by atoms with van der Waals surface area (Å²) in [6.07, 6.45) is 14.4. The Bertz CT molecular complexity index is 884. The number of rotatable bonds is 9. The number of ether oxygens (including phenoxy) is 3. The van der Waals surface area contributed by atoms with Crippen LogP contribution < -0.4 is 4.74 Å². The van der Waals surface area contributed by atoms with Gasteiger partial charge in [0.25, 0.3) is 0 Å². The Hall–Kier alpha value is -2.31. The highest BCUT2D eigenvalue weighted by atomic mass is 16.7. The summed E-state index contributed by atoms with van der Waals surface area (Å²) in [5.41, 5.74) is 2.15. The Labute approximate surface area is 203 Å². The van der Waals surface area contributed by atoms with Crippen LogP contribution in [-0.4, -0.2) is 35.4 Å². The Kier molecular flexibility index (Phi) is 9.05. The number of hydrogen-bond donors (Lipinski definition) is 0. The van der Waals surface area contributed by atoms with Crippen LogP contribution in [0.5, 0.6) is 5.75 Å². The quantitative estimate of drug-likeness (QED) is 0.245. The number of unbranched alkanes of at least 4 members (excludes halogenated alkanes) is 2. The van der Waals surface area contributed by atoms with Crippen LogP contribution in [0.3, 0.4) is 0 Å². The average molecular weight is 467 g/mol. The van der Waals surface area contributed by atoms with Crippen LogP contribution in [0.15, 0.2) is 36.7 Å². The molecule has 6 nitrogen and oxygen atoms in total. The standard InChI is InChI=1S/C28H38N2O4/c1-3-5-6-7-26-32-18-24(19-33-26)28(31)34-25-14-12-22(13-15-25)27-29-16-23(17-30-27)21-10-8-20(4-2)9-11-21/h12-17,20-21,24,26H,3-11,18-19H2,1-2H3/t20-,21-,24-,26-. The summed E-state index contributed by atoms with van der Waals surface area (Å²) < 4.78 is 17.0. The third-order valence-electron chi connectivity index (χ3n) is 7.24. The van der Waals surface area contributed by atoms with Gasteiger partial charge in [0.15, 0.2) is 12.1 Å². The van der Waals surface area contributed by atoms with Crippen molar-refractivity contribution in [2.75, 3.05) is 13.2 Å². The maximum Gasteiger partial charge on any atom is 0.319 e. The summed E-state index contributed by atoms with van der Waals surface area (Å²) in [5, 5.41) is 0. The van der Waals surface area contributed by atoms with Crippen LogP contribution in [-0.2, 0) is 14.3 Å². The highest BCUT2D eigenvalue weighted by Gasteiger charge is 2.29. The van der Waals surface area contributed by atoms with E-state index in [-0.39, 0.29) is 12.3 Å². The van der Waals surface area contributed by atoms with E-state index in [1.54, 1.807) is 12.1 Å². The van der Waals surface area contributed by atoms with Crippen molar-refractivity contribution in [3.05, 3.63) is 42.2 Å². The molecule has 0 spiro atoms. The van der Waals surface area contributed by atoms with Crippen LogP contribution in [0.1, 0.15) is 83.1 Å². The van der Waals surface area contributed by atoms with E-state index >= 15 is 0 Å². The number of esters is 1. The summed E-state index contributed by atoms with van der Waals surface area (Å²) >= 11 is 0. The highest BCUT2D eigenvalue weighted by molar-refractivity contribution is 5.75. The predicted octanol–water partition coefficient (Wildman–Crippen LogP) is 6.30. The van der Waals surface area contributed by atoms with Crippen molar-refractivity contribution in [2.24, 2.45) is 11.8 Å². The minimum atomic E-state index is -0.398. The largest absolute Gasteiger partial charge is 0.426 e. The molecule has 0 bridgehead atoms. The second kappa shape index (κ2) is 12.4. The lowest BCUT2D eigenvalue weighted by Gasteiger charge is -2.28. The molecule has 2 aromatic rings. The number of carbonyl (C=O) groups is 1. The first-order chi connectivity index (χ1) is 16.7. The third-order valence-corrected chi connectivity index (χ3v) is 7.24. The van der Waals surface area contributed by atoms with Crippen LogP contribution in [0.4, 0.5) is 0 Å². The molecule has 2 heterocycles. The fraction of sp³-hybridized carbons (Fsp3) is 0.607. The molecule has 0 radical (unpaired) electrons. The Morgan fingerprint density at radius 3 is 2.26 bits per heavy atom. The topological polar surface area (TPSA) is 70.5 Å². The van der Waals surface area contributed by atoms with Gasteiger partial charge >= 0.3 is 5.97 Å². The van der Waals surface area contributed by atoms with Gasteiger partial charge in [0.05, 0.1) is 13.2 Å². The number of hydrogen-bond acceptors (Lipinski definition) is 6. The normalized spacial score (nSPS) is 25.1. The van der Waals surface area contributed by atoms with Gasteiger partial charge in [0, 0.05) is 18.0 Å². The lowest BCUT2D eigenvalue weighted by Crippen LogP contribution is -2.38. The van der Waals surface area contributed by atoms with E-state index in [1.165, 1.54) is 44.1 Å². The van der Waals surface area contributed by atoms with E-state index < -0.39 is 5.92 Å². The molecule has 0 unspecified atom stereocenters. The summed E-state index contributed by atoms with van der Waals surface area (Å²) in [6.45, 7) is 5.14. The average Bonchev–Trinajstić information content (AvgIpc) is 2.90. The van der Waals surface area contributed by atoms with E-state index in [4.69, 9.17) is 14.2 Å². The summed E-state index contributed by atoms with van der Waals surface area (Å²) in [7, 11) is 0. The number of carbonyl (C=O) groups excluding carboxylic acids is 1. The van der Waals surface area contributed by atoms with Crippen LogP contribution in [0, 0.1) is 11.8 Å². The minimum Gasteiger partial charge on any atom is -0.426 e. The van der Waals surface area contributed by atoms with Gasteiger partial charge in [0.2, 0.25) is 0 Å². The minimum absolute atomic E-state index is 0.201. The molecular formula is C28H38N2O4. The molecule has 1 aliphatic heterocycles. The predicted molar refractivity (Wildman–Crippen MR) is 131 cm³/mol. The number of nitrogens with zero attached hydrogens (tertiary/aromatic N) is 2. The molecule has 4 rings (SSSR count). The number of aromatic nitrogens is 2. The zero-order valence-electron chi connectivity index (χ0n) is 20.6. The van der Waals surface area contributed by atoms with Gasteiger partial charge in [-0.3, -0.25) is 4.79 Å². The number of benzene rings is 1. The maximum atomic E-state index is 12.5. The molecule has 1 aromatic heterocycles. The molecule has 0 N–H and O–H groups in total. The molecule has 1 saturated heterocycles. The van der Waals surface area contributed by atoms with Gasteiger partial charge < -0.3 is 14.2 Å². The fourth-order valence-corrected chi connectivity index (χ4v) is 4.88. The van der Waals surface area contributed by atoms with Crippen molar-refractivity contribution in [2.45, 2.75) is 83.8 Å². The Morgan fingerprint density at radius 2 is 1.65 bits per heavy atom. The van der Waals surface area contributed by atoms with Gasteiger partial charge in [-0.15, -0.1) is 0 Å². The molecule has 0 amide bonds. The SMILES string of the molecule is CCCCC[C@H]1OC[C@H](C(=O)Oc2ccc(-c3ncc([C@H]4CC[C@H](CC)CC4)cn3)cc2)CO1. The molecule has 1 saturated carbocycles. The smallest absolute Gasteiger partial charge is 0.319 e. The molecule has 0 atom stereocenters. The lowest BCUT2D eigenvalue weighted by molar-refractivity contribution is -0.208. The van der Waals surface area contributed by atoms with Crippen molar-refractivity contribution in [3.63, 3.8) is 0 Å². The molecular weight excluding hydrogens is 428 g/mol. The van der Waals surface area contributed by atoms with Crippen molar-refractivity contribution in [3.8, 4) is 17.1 Å². The molecule has 2 aliphatic rings. The Balaban J connectivity index is 1.26. The lowest BCUT2D eigenvalue weighted by atomic mass is 9.78. The van der Waals surface area contributed by atoms with E-state index in [1.807, 2.05) is 24.5 Å². The molecule has 34 heavy (non-hydrogen) atoms. The van der Waals surface area contributed by atoms with E-state index in [9.17, 15) is 4.79 Å². The maximum absolute atomic E-state index is 12.5. The van der Waals surface area contributed by atoms with E-state index in [2.05, 4.69) is 23.8 Å². The monoisotopic (exact) mass is 466 g/mol. The van der Waals surface area contributed by atoms with Crippen LogP contribution in [0.25, 0.3) is 11.4 Å². The van der Waals surface area contributed by atoms with Gasteiger partial charge in [-0.1, -0.05) is 33.1 Å². The first kappa shape index (κ1) is 24.8. The molecule has 184 valence electrons. The second-order valence-electron chi connectivity index (χ2n) is 9.70. The molecule has 6 heteroatoms. The van der Waals surface area contributed by atoms with Gasteiger partial charge in [-0.2, -0.15) is 0 Å². The van der Waals surface area contributed by atoms with Crippen LogP contribution in [0.2, 0.25) is 0 Å². The second-order valence-corrected chi connectivity index (χ2v) is 9.70. The highest BCUT2D eigenvalue weighted by Crippen LogP contribution is 2.36. The van der Waals surface area contributed by atoms with Crippen LogP contribution >= 0.6 is 0 Å². The molecule has 1 aliphatic carbocycles. The molecule has 1 aromatic carbocycles. The molecule has 2 fully saturated rings.